The van der Waals surface area contributed by atoms with Gasteiger partial charge in [0.15, 0.2) is 0 Å². The van der Waals surface area contributed by atoms with Gasteiger partial charge < -0.3 is 5.11 Å². The van der Waals surface area contributed by atoms with Gasteiger partial charge in [-0.05, 0) is 30.5 Å². The van der Waals surface area contributed by atoms with Gasteiger partial charge in [-0.2, -0.15) is 0 Å². The summed E-state index contributed by atoms with van der Waals surface area (Å²) >= 11 is 0. The molecule has 0 aliphatic carbocycles. The van der Waals surface area contributed by atoms with E-state index in [9.17, 15) is 5.11 Å². The molecule has 0 heterocycles. The molecule has 0 aliphatic heterocycles. The zero-order chi connectivity index (χ0) is 16.6. The molecule has 0 radical (unpaired) electrons. The largest absolute Gasteiger partial charge is 0.508 e. The normalized spacial score (nSPS) is 11.0. The van der Waals surface area contributed by atoms with Crippen molar-refractivity contribution < 1.29 is 5.11 Å². The maximum Gasteiger partial charge on any atom is 0.115 e. The zero-order valence-corrected chi connectivity index (χ0v) is 15.4. The smallest absolute Gasteiger partial charge is 0.115 e. The Morgan fingerprint density at radius 1 is 0.565 bits per heavy atom. The molecule has 0 unspecified atom stereocenters. The molecule has 132 valence electrons. The van der Waals surface area contributed by atoms with E-state index in [2.05, 4.69) is 6.92 Å². The third-order valence-electron chi connectivity index (χ3n) is 4.76. The first-order valence-corrected chi connectivity index (χ1v) is 10.1. The Bertz CT molecular complexity index is 355. The number of phenols is 1. The highest BCUT2D eigenvalue weighted by Crippen LogP contribution is 2.15. The fourth-order valence-corrected chi connectivity index (χ4v) is 3.19. The quantitative estimate of drug-likeness (QED) is 0.334. The number of hydrogen-bond acceptors (Lipinski definition) is 1. The third kappa shape index (κ3) is 12.1. The van der Waals surface area contributed by atoms with Crippen molar-refractivity contribution in [1.29, 1.82) is 0 Å². The second kappa shape index (κ2) is 14.6. The highest BCUT2D eigenvalue weighted by atomic mass is 16.3. The minimum Gasteiger partial charge on any atom is -0.508 e. The van der Waals surface area contributed by atoms with E-state index in [-0.39, 0.29) is 0 Å². The number of aryl methyl sites for hydroxylation is 1. The van der Waals surface area contributed by atoms with E-state index >= 15 is 0 Å². The summed E-state index contributed by atoms with van der Waals surface area (Å²) in [5, 5.41) is 9.25. The lowest BCUT2D eigenvalue weighted by atomic mass is 10.0. The molecule has 1 aromatic carbocycles. The minimum absolute atomic E-state index is 0.370. The summed E-state index contributed by atoms with van der Waals surface area (Å²) in [4.78, 5) is 0. The van der Waals surface area contributed by atoms with Gasteiger partial charge in [-0.25, -0.2) is 0 Å². The van der Waals surface area contributed by atoms with Crippen molar-refractivity contribution in [2.45, 2.75) is 103 Å². The molecule has 0 amide bonds. The van der Waals surface area contributed by atoms with Crippen molar-refractivity contribution in [3.63, 3.8) is 0 Å². The van der Waals surface area contributed by atoms with E-state index < -0.39 is 0 Å². The molecule has 1 nitrogen and oxygen atoms in total. The van der Waals surface area contributed by atoms with Crippen LogP contribution in [0.2, 0.25) is 0 Å². The lowest BCUT2D eigenvalue weighted by molar-refractivity contribution is 0.475. The first kappa shape index (κ1) is 20.1. The number of rotatable bonds is 15. The lowest BCUT2D eigenvalue weighted by Crippen LogP contribution is -1.86. The maximum absolute atomic E-state index is 9.25. The lowest BCUT2D eigenvalue weighted by Gasteiger charge is -2.04. The van der Waals surface area contributed by atoms with Crippen LogP contribution < -0.4 is 0 Å². The summed E-state index contributed by atoms with van der Waals surface area (Å²) in [6.07, 6.45) is 20.9. The van der Waals surface area contributed by atoms with Crippen molar-refractivity contribution in [2.75, 3.05) is 0 Å². The average Bonchev–Trinajstić information content (AvgIpc) is 2.57. The van der Waals surface area contributed by atoms with E-state index in [1.807, 2.05) is 12.1 Å². The van der Waals surface area contributed by atoms with Crippen LogP contribution in [0.5, 0.6) is 5.75 Å². The predicted molar refractivity (Wildman–Crippen MR) is 102 cm³/mol. The molecule has 0 aromatic heterocycles. The molecule has 0 atom stereocenters. The molecule has 0 spiro atoms. The van der Waals surface area contributed by atoms with E-state index in [1.165, 1.54) is 95.5 Å². The van der Waals surface area contributed by atoms with Crippen molar-refractivity contribution in [1.82, 2.24) is 0 Å². The van der Waals surface area contributed by atoms with Crippen molar-refractivity contribution in [3.05, 3.63) is 29.8 Å². The average molecular weight is 319 g/mol. The summed E-state index contributed by atoms with van der Waals surface area (Å²) in [5.41, 5.74) is 1.35. The van der Waals surface area contributed by atoms with Gasteiger partial charge >= 0.3 is 0 Å². The Labute approximate surface area is 144 Å². The van der Waals surface area contributed by atoms with Crippen LogP contribution in [0.4, 0.5) is 0 Å². The molecule has 0 saturated heterocycles. The van der Waals surface area contributed by atoms with Crippen LogP contribution in [0.25, 0.3) is 0 Å². The third-order valence-corrected chi connectivity index (χ3v) is 4.76. The number of aromatic hydroxyl groups is 1. The number of benzene rings is 1. The molecule has 0 saturated carbocycles. The fourth-order valence-electron chi connectivity index (χ4n) is 3.19. The molecule has 0 fully saturated rings. The Morgan fingerprint density at radius 2 is 0.957 bits per heavy atom. The van der Waals surface area contributed by atoms with Gasteiger partial charge in [-0.1, -0.05) is 103 Å². The Hall–Kier alpha value is -0.980. The maximum atomic E-state index is 9.25. The van der Waals surface area contributed by atoms with Crippen molar-refractivity contribution >= 4 is 0 Å². The second-order valence-electron chi connectivity index (χ2n) is 7.01. The van der Waals surface area contributed by atoms with E-state index in [0.717, 1.165) is 6.42 Å². The second-order valence-corrected chi connectivity index (χ2v) is 7.01. The number of unbranched alkanes of at least 4 members (excludes halogenated alkanes) is 13. The standard InChI is InChI=1S/C22H38O/c1-2-3-4-5-6-7-8-9-10-11-12-13-14-15-16-21-17-19-22(23)20-18-21/h17-20,23H,2-16H2,1H3. The number of phenolic OH excluding ortho intramolecular Hbond substituents is 1. The van der Waals surface area contributed by atoms with Gasteiger partial charge in [0.25, 0.3) is 0 Å². The van der Waals surface area contributed by atoms with Crippen LogP contribution >= 0.6 is 0 Å². The van der Waals surface area contributed by atoms with Gasteiger partial charge in [0, 0.05) is 0 Å². The van der Waals surface area contributed by atoms with Crippen LogP contribution in [-0.4, -0.2) is 5.11 Å². The molecule has 1 heteroatoms. The topological polar surface area (TPSA) is 20.2 Å². The first-order chi connectivity index (χ1) is 11.3. The Balaban J connectivity index is 1.77. The fraction of sp³-hybridized carbons (Fsp3) is 0.727. The Kier molecular flexibility index (Phi) is 12.7. The predicted octanol–water partition coefficient (Wildman–Crippen LogP) is 7.42. The molecule has 1 rings (SSSR count). The van der Waals surface area contributed by atoms with Crippen molar-refractivity contribution in [3.8, 4) is 5.75 Å². The van der Waals surface area contributed by atoms with Gasteiger partial charge in [-0.3, -0.25) is 0 Å². The zero-order valence-electron chi connectivity index (χ0n) is 15.4. The van der Waals surface area contributed by atoms with Crippen LogP contribution in [0.15, 0.2) is 24.3 Å². The molecule has 0 aliphatic rings. The monoisotopic (exact) mass is 318 g/mol. The van der Waals surface area contributed by atoms with E-state index in [0.29, 0.717) is 5.75 Å². The molecule has 23 heavy (non-hydrogen) atoms. The summed E-state index contributed by atoms with van der Waals surface area (Å²) in [5.74, 6) is 0.370. The van der Waals surface area contributed by atoms with Crippen LogP contribution in [0, 0.1) is 0 Å². The van der Waals surface area contributed by atoms with E-state index in [4.69, 9.17) is 0 Å². The van der Waals surface area contributed by atoms with Gasteiger partial charge in [0.05, 0.1) is 0 Å². The van der Waals surface area contributed by atoms with Gasteiger partial charge in [0.2, 0.25) is 0 Å². The first-order valence-electron chi connectivity index (χ1n) is 10.1. The molecular formula is C22H38O. The SMILES string of the molecule is CCCCCCCCCCCCCCCCc1ccc(O)cc1. The van der Waals surface area contributed by atoms with Crippen LogP contribution in [0.3, 0.4) is 0 Å². The highest BCUT2D eigenvalue weighted by Gasteiger charge is 1.96. The highest BCUT2D eigenvalue weighted by molar-refractivity contribution is 5.25. The van der Waals surface area contributed by atoms with Crippen LogP contribution in [0.1, 0.15) is 102 Å². The van der Waals surface area contributed by atoms with Crippen LogP contribution in [-0.2, 0) is 6.42 Å². The number of hydrogen-bond donors (Lipinski definition) is 1. The van der Waals surface area contributed by atoms with E-state index in [1.54, 1.807) is 12.1 Å². The minimum atomic E-state index is 0.370. The molecular weight excluding hydrogens is 280 g/mol. The summed E-state index contributed by atoms with van der Waals surface area (Å²) < 4.78 is 0. The van der Waals surface area contributed by atoms with Crippen molar-refractivity contribution in [2.24, 2.45) is 0 Å². The molecule has 0 bridgehead atoms. The van der Waals surface area contributed by atoms with Gasteiger partial charge in [0.1, 0.15) is 5.75 Å². The Morgan fingerprint density at radius 3 is 1.39 bits per heavy atom. The molecule has 1 N–H and O–H groups in total. The summed E-state index contributed by atoms with van der Waals surface area (Å²) in [6, 6.07) is 7.66. The molecule has 1 aromatic rings. The van der Waals surface area contributed by atoms with Gasteiger partial charge in [-0.15, -0.1) is 0 Å². The summed E-state index contributed by atoms with van der Waals surface area (Å²) in [6.45, 7) is 2.29. The summed E-state index contributed by atoms with van der Waals surface area (Å²) in [7, 11) is 0.